The molecule has 0 aromatic heterocycles. The van der Waals surface area contributed by atoms with Crippen LogP contribution in [0.1, 0.15) is 47.5 Å². The molecule has 1 aliphatic heterocycles. The minimum atomic E-state index is -0.257. The van der Waals surface area contributed by atoms with Crippen molar-refractivity contribution in [3.63, 3.8) is 0 Å². The van der Waals surface area contributed by atoms with Crippen LogP contribution >= 0.6 is 0 Å². The predicted molar refractivity (Wildman–Crippen MR) is 70.9 cm³/mol. The molecule has 3 nitrogen and oxygen atoms in total. The standard InChI is InChI=1S/C13H25BO3/c1-7-11(15-6)9-8-10-14-16-12(2,3)13(4,5)17-14/h8,10-11H,7,9H2,1-6H3/b10-8+. The monoisotopic (exact) mass is 240 g/mol. The molecule has 1 rings (SSSR count). The summed E-state index contributed by atoms with van der Waals surface area (Å²) in [4.78, 5) is 0. The van der Waals surface area contributed by atoms with Crippen molar-refractivity contribution in [3.05, 3.63) is 12.1 Å². The van der Waals surface area contributed by atoms with Gasteiger partial charge in [0, 0.05) is 7.11 Å². The Kier molecular flexibility index (Phi) is 4.81. The molecular weight excluding hydrogens is 215 g/mol. The highest BCUT2D eigenvalue weighted by molar-refractivity contribution is 6.51. The molecule has 1 saturated heterocycles. The van der Waals surface area contributed by atoms with Crippen LogP contribution in [0.3, 0.4) is 0 Å². The smallest absolute Gasteiger partial charge is 0.400 e. The Labute approximate surface area is 106 Å². The molecule has 1 atom stereocenters. The van der Waals surface area contributed by atoms with Gasteiger partial charge in [-0.25, -0.2) is 0 Å². The average Bonchev–Trinajstić information content (AvgIpc) is 2.42. The van der Waals surface area contributed by atoms with Crippen LogP contribution in [0.15, 0.2) is 12.1 Å². The van der Waals surface area contributed by atoms with Gasteiger partial charge in [-0.1, -0.05) is 19.0 Å². The van der Waals surface area contributed by atoms with Crippen molar-refractivity contribution in [2.24, 2.45) is 0 Å². The zero-order valence-electron chi connectivity index (χ0n) is 11.9. The summed E-state index contributed by atoms with van der Waals surface area (Å²) < 4.78 is 17.0. The summed E-state index contributed by atoms with van der Waals surface area (Å²) >= 11 is 0. The number of methoxy groups -OCH3 is 1. The molecule has 0 N–H and O–H groups in total. The van der Waals surface area contributed by atoms with Gasteiger partial charge in [0.1, 0.15) is 0 Å². The molecule has 0 saturated carbocycles. The topological polar surface area (TPSA) is 27.7 Å². The second-order valence-electron chi connectivity index (χ2n) is 5.55. The number of hydrogen-bond acceptors (Lipinski definition) is 3. The first-order valence-corrected chi connectivity index (χ1v) is 6.37. The normalized spacial score (nSPS) is 24.5. The summed E-state index contributed by atoms with van der Waals surface area (Å²) in [6, 6.07) is 0. The minimum absolute atomic E-state index is 0.241. The highest BCUT2D eigenvalue weighted by Crippen LogP contribution is 2.36. The maximum atomic E-state index is 5.86. The third-order valence-corrected chi connectivity index (χ3v) is 3.75. The average molecular weight is 240 g/mol. The summed E-state index contributed by atoms with van der Waals surface area (Å²) in [5.74, 6) is 1.98. The quantitative estimate of drug-likeness (QED) is 0.691. The third kappa shape index (κ3) is 3.57. The van der Waals surface area contributed by atoms with Gasteiger partial charge in [0.15, 0.2) is 0 Å². The fraction of sp³-hybridized carbons (Fsp3) is 0.846. The van der Waals surface area contributed by atoms with E-state index in [0.717, 1.165) is 12.8 Å². The molecule has 1 fully saturated rings. The van der Waals surface area contributed by atoms with Crippen LogP contribution < -0.4 is 0 Å². The summed E-state index contributed by atoms with van der Waals surface area (Å²) in [6.45, 7) is 10.4. The first kappa shape index (κ1) is 14.7. The molecule has 1 unspecified atom stereocenters. The SMILES string of the molecule is CCC(C/C=C/B1OC(C)(C)C(C)(C)O1)OC. The maximum absolute atomic E-state index is 5.86. The Morgan fingerprint density at radius 2 is 1.71 bits per heavy atom. The Balaban J connectivity index is 2.47. The predicted octanol–water partition coefficient (Wildman–Crippen LogP) is 2.99. The lowest BCUT2D eigenvalue weighted by Gasteiger charge is -2.32. The first-order valence-electron chi connectivity index (χ1n) is 6.37. The highest BCUT2D eigenvalue weighted by atomic mass is 16.7. The Hall–Kier alpha value is -0.315. The zero-order chi connectivity index (χ0) is 13.1. The van der Waals surface area contributed by atoms with E-state index in [1.165, 1.54) is 0 Å². The van der Waals surface area contributed by atoms with Crippen LogP contribution in [-0.2, 0) is 14.0 Å². The van der Waals surface area contributed by atoms with E-state index in [-0.39, 0.29) is 24.4 Å². The summed E-state index contributed by atoms with van der Waals surface area (Å²) in [7, 11) is 1.51. The Bertz CT molecular complexity index is 254. The lowest BCUT2D eigenvalue weighted by atomic mass is 9.89. The molecule has 1 aliphatic rings. The minimum Gasteiger partial charge on any atom is -0.400 e. The van der Waals surface area contributed by atoms with Gasteiger partial charge in [0.05, 0.1) is 17.3 Å². The van der Waals surface area contributed by atoms with Gasteiger partial charge in [0.2, 0.25) is 0 Å². The Morgan fingerprint density at radius 3 is 2.12 bits per heavy atom. The van der Waals surface area contributed by atoms with Crippen LogP contribution in [0, 0.1) is 0 Å². The van der Waals surface area contributed by atoms with Crippen LogP contribution in [0.5, 0.6) is 0 Å². The van der Waals surface area contributed by atoms with E-state index in [4.69, 9.17) is 14.0 Å². The van der Waals surface area contributed by atoms with Crippen molar-refractivity contribution in [1.29, 1.82) is 0 Å². The summed E-state index contributed by atoms with van der Waals surface area (Å²) in [6.07, 6.45) is 4.29. The van der Waals surface area contributed by atoms with Crippen LogP contribution in [0.4, 0.5) is 0 Å². The van der Waals surface area contributed by atoms with E-state index < -0.39 is 0 Å². The highest BCUT2D eigenvalue weighted by Gasteiger charge is 2.49. The van der Waals surface area contributed by atoms with Crippen molar-refractivity contribution in [1.82, 2.24) is 0 Å². The summed E-state index contributed by atoms with van der Waals surface area (Å²) in [5, 5.41) is 0. The number of ether oxygens (including phenoxy) is 1. The van der Waals surface area contributed by atoms with E-state index in [1.807, 2.05) is 5.98 Å². The first-order chi connectivity index (χ1) is 7.82. The molecule has 17 heavy (non-hydrogen) atoms. The third-order valence-electron chi connectivity index (χ3n) is 3.75. The second kappa shape index (κ2) is 5.55. The van der Waals surface area contributed by atoms with Gasteiger partial charge in [-0.3, -0.25) is 0 Å². The van der Waals surface area contributed by atoms with Gasteiger partial charge in [-0.2, -0.15) is 0 Å². The Morgan fingerprint density at radius 1 is 1.18 bits per heavy atom. The van der Waals surface area contributed by atoms with Crippen molar-refractivity contribution >= 4 is 7.12 Å². The molecule has 4 heteroatoms. The number of hydrogen-bond donors (Lipinski definition) is 0. The molecule has 0 amide bonds. The van der Waals surface area contributed by atoms with Gasteiger partial charge in [-0.15, -0.1) is 0 Å². The molecule has 0 spiro atoms. The van der Waals surface area contributed by atoms with Crippen LogP contribution in [0.2, 0.25) is 0 Å². The van der Waals surface area contributed by atoms with E-state index >= 15 is 0 Å². The largest absolute Gasteiger partial charge is 0.486 e. The van der Waals surface area contributed by atoms with Gasteiger partial charge in [0.25, 0.3) is 0 Å². The zero-order valence-corrected chi connectivity index (χ0v) is 11.9. The molecule has 0 radical (unpaired) electrons. The van der Waals surface area contributed by atoms with Crippen molar-refractivity contribution in [2.45, 2.75) is 64.8 Å². The van der Waals surface area contributed by atoms with Gasteiger partial charge in [-0.05, 0) is 40.5 Å². The fourth-order valence-electron chi connectivity index (χ4n) is 1.74. The lowest BCUT2D eigenvalue weighted by molar-refractivity contribution is 0.00578. The van der Waals surface area contributed by atoms with Crippen LogP contribution in [0.25, 0.3) is 0 Å². The van der Waals surface area contributed by atoms with Crippen molar-refractivity contribution < 1.29 is 14.0 Å². The number of rotatable bonds is 5. The molecule has 0 aliphatic carbocycles. The van der Waals surface area contributed by atoms with E-state index in [1.54, 1.807) is 7.11 Å². The molecule has 0 aromatic rings. The molecule has 98 valence electrons. The van der Waals surface area contributed by atoms with Crippen molar-refractivity contribution in [2.75, 3.05) is 7.11 Å². The van der Waals surface area contributed by atoms with Gasteiger partial charge >= 0.3 is 7.12 Å². The molecular formula is C13H25BO3. The fourth-order valence-corrected chi connectivity index (χ4v) is 1.74. The van der Waals surface area contributed by atoms with Crippen molar-refractivity contribution in [3.8, 4) is 0 Å². The molecule has 1 heterocycles. The van der Waals surface area contributed by atoms with E-state index in [0.29, 0.717) is 0 Å². The van der Waals surface area contributed by atoms with E-state index in [2.05, 4.69) is 40.7 Å². The van der Waals surface area contributed by atoms with Gasteiger partial charge < -0.3 is 14.0 Å². The maximum Gasteiger partial charge on any atom is 0.486 e. The van der Waals surface area contributed by atoms with E-state index in [9.17, 15) is 0 Å². The summed E-state index contributed by atoms with van der Waals surface area (Å²) in [5.41, 5.74) is -0.513. The lowest BCUT2D eigenvalue weighted by Crippen LogP contribution is -2.41. The molecule has 0 aromatic carbocycles. The van der Waals surface area contributed by atoms with Crippen LogP contribution in [-0.4, -0.2) is 31.5 Å². The molecule has 0 bridgehead atoms. The second-order valence-corrected chi connectivity index (χ2v) is 5.55.